The van der Waals surface area contributed by atoms with Gasteiger partial charge in [-0.2, -0.15) is 5.01 Å². The SMILES string of the molecule is CC(C)(C)OC(=O)N1CCC(N(C2N=CC=CN2)N2CCCc3ncc(-c4ccccc4)cc32)CC1. The normalized spacial score (nSPS) is 20.3. The lowest BCUT2D eigenvalue weighted by molar-refractivity contribution is 0.00780. The molecule has 1 amide bonds. The highest BCUT2D eigenvalue weighted by Gasteiger charge is 2.37. The van der Waals surface area contributed by atoms with Crippen molar-refractivity contribution in [1.82, 2.24) is 20.2 Å². The third kappa shape index (κ3) is 5.38. The summed E-state index contributed by atoms with van der Waals surface area (Å²) in [4.78, 5) is 24.1. The molecule has 1 unspecified atom stereocenters. The van der Waals surface area contributed by atoms with Gasteiger partial charge in [0.1, 0.15) is 5.60 Å². The summed E-state index contributed by atoms with van der Waals surface area (Å²) in [7, 11) is 0. The molecule has 1 aromatic carbocycles. The number of hydrogen-bond donors (Lipinski definition) is 1. The van der Waals surface area contributed by atoms with Crippen molar-refractivity contribution < 1.29 is 9.53 Å². The Morgan fingerprint density at radius 3 is 2.58 bits per heavy atom. The number of likely N-dealkylation sites (tertiary alicyclic amines) is 1. The van der Waals surface area contributed by atoms with Crippen molar-refractivity contribution in [1.29, 1.82) is 0 Å². The van der Waals surface area contributed by atoms with E-state index in [1.807, 2.05) is 56.4 Å². The number of nitrogens with zero attached hydrogens (tertiary/aromatic N) is 5. The van der Waals surface area contributed by atoms with Crippen LogP contribution in [0.4, 0.5) is 10.5 Å². The molecule has 1 fully saturated rings. The number of carbonyl (C=O) groups excluding carboxylic acids is 1. The number of hydrogen-bond acceptors (Lipinski definition) is 7. The van der Waals surface area contributed by atoms with Gasteiger partial charge in [-0.05, 0) is 64.2 Å². The molecule has 8 nitrogen and oxygen atoms in total. The molecule has 36 heavy (non-hydrogen) atoms. The van der Waals surface area contributed by atoms with Crippen molar-refractivity contribution in [2.45, 2.75) is 64.4 Å². The summed E-state index contributed by atoms with van der Waals surface area (Å²) in [5, 5.41) is 8.19. The van der Waals surface area contributed by atoms with Crippen LogP contribution >= 0.6 is 0 Å². The van der Waals surface area contributed by atoms with Crippen molar-refractivity contribution in [3.8, 4) is 11.1 Å². The van der Waals surface area contributed by atoms with E-state index in [1.54, 1.807) is 0 Å². The second-order valence-corrected chi connectivity index (χ2v) is 10.6. The van der Waals surface area contributed by atoms with E-state index >= 15 is 0 Å². The van der Waals surface area contributed by atoms with Crippen LogP contribution in [0.25, 0.3) is 11.1 Å². The fraction of sp³-hybridized carbons (Fsp3) is 0.464. The van der Waals surface area contributed by atoms with Crippen LogP contribution in [0.5, 0.6) is 0 Å². The maximum atomic E-state index is 12.7. The van der Waals surface area contributed by atoms with Crippen LogP contribution in [0.2, 0.25) is 0 Å². The first-order valence-corrected chi connectivity index (χ1v) is 12.9. The first-order chi connectivity index (χ1) is 17.4. The number of amides is 1. The van der Waals surface area contributed by atoms with Gasteiger partial charge in [-0.25, -0.2) is 4.79 Å². The lowest BCUT2D eigenvalue weighted by atomic mass is 10.0. The Kier molecular flexibility index (Phi) is 6.96. The number of allylic oxidation sites excluding steroid dienone is 1. The van der Waals surface area contributed by atoms with Crippen LogP contribution in [0.15, 0.2) is 59.9 Å². The van der Waals surface area contributed by atoms with Crippen LogP contribution < -0.4 is 10.3 Å². The van der Waals surface area contributed by atoms with Gasteiger partial charge >= 0.3 is 6.09 Å². The summed E-state index contributed by atoms with van der Waals surface area (Å²) >= 11 is 0. The Morgan fingerprint density at radius 1 is 1.11 bits per heavy atom. The summed E-state index contributed by atoms with van der Waals surface area (Å²) in [6.07, 6.45) is 10.9. The molecule has 0 spiro atoms. The summed E-state index contributed by atoms with van der Waals surface area (Å²) < 4.78 is 5.62. The zero-order valence-corrected chi connectivity index (χ0v) is 21.4. The minimum absolute atomic E-state index is 0.209. The highest BCUT2D eigenvalue weighted by atomic mass is 16.6. The van der Waals surface area contributed by atoms with Crippen molar-refractivity contribution in [3.05, 3.63) is 60.6 Å². The number of nitrogens with one attached hydrogen (secondary N) is 1. The number of aryl methyl sites for hydroxylation is 1. The number of rotatable bonds is 4. The lowest BCUT2D eigenvalue weighted by Crippen LogP contribution is -2.61. The summed E-state index contributed by atoms with van der Waals surface area (Å²) in [5.74, 6) is 0. The van der Waals surface area contributed by atoms with Crippen LogP contribution in [0.3, 0.4) is 0 Å². The number of aromatic nitrogens is 1. The third-order valence-electron chi connectivity index (χ3n) is 6.79. The van der Waals surface area contributed by atoms with Crippen LogP contribution in [0, 0.1) is 0 Å². The van der Waals surface area contributed by atoms with Gasteiger partial charge in [0.15, 0.2) is 6.29 Å². The number of benzene rings is 1. The number of anilines is 1. The number of piperidine rings is 1. The first kappa shape index (κ1) is 24.3. The second-order valence-electron chi connectivity index (χ2n) is 10.6. The quantitative estimate of drug-likeness (QED) is 0.679. The van der Waals surface area contributed by atoms with E-state index in [2.05, 4.69) is 45.7 Å². The smallest absolute Gasteiger partial charge is 0.410 e. The largest absolute Gasteiger partial charge is 0.444 e. The number of ether oxygens (including phenoxy) is 1. The molecule has 8 heteroatoms. The summed E-state index contributed by atoms with van der Waals surface area (Å²) in [6, 6.07) is 12.9. The molecule has 2 aromatic rings. The van der Waals surface area contributed by atoms with Crippen molar-refractivity contribution in [3.63, 3.8) is 0 Å². The van der Waals surface area contributed by atoms with Crippen LogP contribution in [-0.2, 0) is 11.2 Å². The van der Waals surface area contributed by atoms with E-state index in [9.17, 15) is 4.79 Å². The number of fused-ring (bicyclic) bond motifs is 1. The van der Waals surface area contributed by atoms with E-state index in [0.717, 1.165) is 54.7 Å². The summed E-state index contributed by atoms with van der Waals surface area (Å²) in [6.45, 7) is 7.94. The molecule has 0 saturated carbocycles. The van der Waals surface area contributed by atoms with Gasteiger partial charge in [0.2, 0.25) is 0 Å². The number of aliphatic imine (C=N–C) groups is 1. The Balaban J connectivity index is 1.41. The van der Waals surface area contributed by atoms with Crippen molar-refractivity contribution in [2.75, 3.05) is 24.6 Å². The molecule has 0 bridgehead atoms. The molecule has 1 N–H and O–H groups in total. The molecule has 4 heterocycles. The van der Waals surface area contributed by atoms with Crippen molar-refractivity contribution >= 4 is 18.0 Å². The lowest BCUT2D eigenvalue weighted by Gasteiger charge is -2.48. The highest BCUT2D eigenvalue weighted by molar-refractivity contribution is 5.72. The molecule has 1 atom stereocenters. The van der Waals surface area contributed by atoms with E-state index < -0.39 is 5.60 Å². The average molecular weight is 489 g/mol. The molecule has 0 radical (unpaired) electrons. The molecule has 5 rings (SSSR count). The number of hydrazine groups is 1. The molecule has 1 aromatic heterocycles. The minimum Gasteiger partial charge on any atom is -0.444 e. The maximum absolute atomic E-state index is 12.7. The van der Waals surface area contributed by atoms with Gasteiger partial charge in [0.25, 0.3) is 0 Å². The van der Waals surface area contributed by atoms with Crippen LogP contribution in [0.1, 0.15) is 45.7 Å². The fourth-order valence-corrected chi connectivity index (χ4v) is 5.11. The average Bonchev–Trinajstić information content (AvgIpc) is 2.89. The van der Waals surface area contributed by atoms with Gasteiger partial charge in [0.05, 0.1) is 11.4 Å². The molecule has 1 saturated heterocycles. The number of carbonyl (C=O) groups is 1. The molecule has 190 valence electrons. The minimum atomic E-state index is -0.492. The Hall–Kier alpha value is -3.39. The first-order valence-electron chi connectivity index (χ1n) is 12.9. The predicted molar refractivity (Wildman–Crippen MR) is 143 cm³/mol. The Bertz CT molecular complexity index is 1120. The Labute approximate surface area is 213 Å². The second kappa shape index (κ2) is 10.3. The topological polar surface area (TPSA) is 73.3 Å². The highest BCUT2D eigenvalue weighted by Crippen LogP contribution is 2.34. The molecule has 3 aliphatic heterocycles. The number of pyridine rings is 1. The van der Waals surface area contributed by atoms with Gasteiger partial charge in [-0.1, -0.05) is 30.3 Å². The fourth-order valence-electron chi connectivity index (χ4n) is 5.11. The van der Waals surface area contributed by atoms with E-state index in [0.29, 0.717) is 13.1 Å². The van der Waals surface area contributed by atoms with E-state index in [4.69, 9.17) is 14.7 Å². The van der Waals surface area contributed by atoms with Gasteiger partial charge in [-0.3, -0.25) is 9.98 Å². The van der Waals surface area contributed by atoms with Crippen molar-refractivity contribution in [2.24, 2.45) is 4.99 Å². The maximum Gasteiger partial charge on any atom is 0.410 e. The van der Waals surface area contributed by atoms with E-state index in [-0.39, 0.29) is 18.4 Å². The third-order valence-corrected chi connectivity index (χ3v) is 6.79. The molecule has 0 aliphatic carbocycles. The monoisotopic (exact) mass is 488 g/mol. The zero-order valence-electron chi connectivity index (χ0n) is 21.4. The predicted octanol–water partition coefficient (Wildman–Crippen LogP) is 4.59. The van der Waals surface area contributed by atoms with Gasteiger partial charge in [0, 0.05) is 49.9 Å². The standard InChI is InChI=1S/C28H36N6O2/c1-28(2,3)36-27(35)32-17-12-23(13-18-32)34(26-29-14-8-15-30-26)33-16-7-11-24-25(33)19-22(20-31-24)21-9-5-4-6-10-21/h4-6,8-10,14-15,19-20,23,26,29H,7,11-13,16-18H2,1-3H3. The molecular weight excluding hydrogens is 452 g/mol. The van der Waals surface area contributed by atoms with Gasteiger partial charge < -0.3 is 20.0 Å². The van der Waals surface area contributed by atoms with E-state index in [1.165, 1.54) is 0 Å². The Morgan fingerprint density at radius 2 is 1.89 bits per heavy atom. The summed E-state index contributed by atoms with van der Waals surface area (Å²) in [5.41, 5.74) is 4.04. The zero-order chi connectivity index (χ0) is 25.1. The molecular formula is C28H36N6O2. The molecule has 3 aliphatic rings. The van der Waals surface area contributed by atoms with Crippen LogP contribution in [-0.4, -0.2) is 64.8 Å². The van der Waals surface area contributed by atoms with Gasteiger partial charge in [-0.15, -0.1) is 0 Å².